The predicted octanol–water partition coefficient (Wildman–Crippen LogP) is 3.04. The highest BCUT2D eigenvalue weighted by Gasteiger charge is 2.08. The van der Waals surface area contributed by atoms with Crippen LogP contribution in [-0.4, -0.2) is 20.0 Å². The number of nitrogens with zero attached hydrogens (tertiary/aromatic N) is 3. The average Bonchev–Trinajstić information content (AvgIpc) is 2.47. The molecule has 0 unspecified atom stereocenters. The van der Waals surface area contributed by atoms with Crippen molar-refractivity contribution in [3.05, 3.63) is 58.9 Å². The smallest absolute Gasteiger partial charge is 0.322 e. The van der Waals surface area contributed by atoms with Crippen LogP contribution in [0.15, 0.2) is 48.8 Å². The number of aromatic hydroxyl groups is 1. The Kier molecular flexibility index (Phi) is 3.07. The summed E-state index contributed by atoms with van der Waals surface area (Å²) in [4.78, 5) is 17.5. The normalized spacial score (nSPS) is 10.5. The number of fused-ring (bicyclic) bond motifs is 1. The van der Waals surface area contributed by atoms with Crippen molar-refractivity contribution in [1.82, 2.24) is 9.97 Å². The number of phenolic OH excluding ortho intramolecular Hbond substituents is 1. The summed E-state index contributed by atoms with van der Waals surface area (Å²) in [5, 5.41) is 21.7. The minimum atomic E-state index is -0.581. The summed E-state index contributed by atoms with van der Waals surface area (Å²) in [6, 6.07) is 10.3. The van der Waals surface area contributed by atoms with E-state index in [4.69, 9.17) is 4.74 Å². The van der Waals surface area contributed by atoms with Crippen molar-refractivity contribution in [3.63, 3.8) is 0 Å². The molecule has 3 aromatic rings. The number of hydrogen-bond donors (Lipinski definition) is 1. The minimum Gasteiger partial charge on any atom is -0.508 e. The highest BCUT2D eigenvalue weighted by molar-refractivity contribution is 5.85. The Balaban J connectivity index is 1.88. The zero-order valence-electron chi connectivity index (χ0n) is 10.6. The van der Waals surface area contributed by atoms with E-state index < -0.39 is 4.92 Å². The number of phenols is 1. The van der Waals surface area contributed by atoms with Gasteiger partial charge in [-0.05, 0) is 35.0 Å². The van der Waals surface area contributed by atoms with Gasteiger partial charge in [0.15, 0.2) is 0 Å². The Bertz CT molecular complexity index is 818. The Labute approximate surface area is 118 Å². The van der Waals surface area contributed by atoms with E-state index >= 15 is 0 Å². The zero-order valence-corrected chi connectivity index (χ0v) is 10.6. The van der Waals surface area contributed by atoms with Crippen LogP contribution in [0.4, 0.5) is 5.69 Å². The molecule has 0 atom stereocenters. The quantitative estimate of drug-likeness (QED) is 0.586. The molecule has 104 valence electrons. The van der Waals surface area contributed by atoms with E-state index in [0.717, 1.165) is 23.2 Å². The van der Waals surface area contributed by atoms with Crippen molar-refractivity contribution in [3.8, 4) is 17.5 Å². The van der Waals surface area contributed by atoms with Gasteiger partial charge in [-0.2, -0.15) is 9.97 Å². The van der Waals surface area contributed by atoms with E-state index in [1.807, 2.05) is 6.07 Å². The molecule has 1 heterocycles. The average molecular weight is 283 g/mol. The number of ether oxygens (including phenoxy) is 1. The second-order valence-electron chi connectivity index (χ2n) is 4.28. The Morgan fingerprint density at radius 1 is 1.05 bits per heavy atom. The van der Waals surface area contributed by atoms with Crippen molar-refractivity contribution < 1.29 is 14.8 Å². The van der Waals surface area contributed by atoms with Gasteiger partial charge in [0.1, 0.15) is 23.9 Å². The molecule has 1 aromatic heterocycles. The lowest BCUT2D eigenvalue weighted by Gasteiger charge is -2.05. The maximum absolute atomic E-state index is 10.5. The molecule has 0 spiro atoms. The van der Waals surface area contributed by atoms with Crippen molar-refractivity contribution in [2.24, 2.45) is 0 Å². The molecule has 0 fully saturated rings. The Hall–Kier alpha value is -3.22. The van der Waals surface area contributed by atoms with Crippen LogP contribution >= 0.6 is 0 Å². The molecular formula is C14H9N3O4. The van der Waals surface area contributed by atoms with Gasteiger partial charge in [-0.25, -0.2) is 0 Å². The highest BCUT2D eigenvalue weighted by Crippen LogP contribution is 2.26. The lowest BCUT2D eigenvalue weighted by molar-refractivity contribution is -0.385. The second kappa shape index (κ2) is 5.04. The molecule has 0 bridgehead atoms. The number of rotatable bonds is 3. The third kappa shape index (κ3) is 2.71. The monoisotopic (exact) mass is 283 g/mol. The van der Waals surface area contributed by atoms with E-state index in [2.05, 4.69) is 9.97 Å². The minimum absolute atomic E-state index is 0.0140. The van der Waals surface area contributed by atoms with Crippen LogP contribution in [0.25, 0.3) is 10.8 Å². The van der Waals surface area contributed by atoms with Crippen LogP contribution in [0.1, 0.15) is 0 Å². The first kappa shape index (κ1) is 12.8. The first-order valence-electron chi connectivity index (χ1n) is 5.99. The van der Waals surface area contributed by atoms with Crippen LogP contribution in [0, 0.1) is 10.1 Å². The molecule has 21 heavy (non-hydrogen) atoms. The molecule has 0 aliphatic carbocycles. The largest absolute Gasteiger partial charge is 0.508 e. The van der Waals surface area contributed by atoms with Crippen molar-refractivity contribution in [1.29, 1.82) is 0 Å². The van der Waals surface area contributed by atoms with Gasteiger partial charge in [0, 0.05) is 0 Å². The van der Waals surface area contributed by atoms with Crippen LogP contribution < -0.4 is 4.74 Å². The summed E-state index contributed by atoms with van der Waals surface area (Å²) in [6.07, 6.45) is 2.16. The van der Waals surface area contributed by atoms with Gasteiger partial charge in [-0.3, -0.25) is 10.1 Å². The summed E-state index contributed by atoms with van der Waals surface area (Å²) in [5.74, 6) is 0.633. The first-order chi connectivity index (χ1) is 10.1. The van der Waals surface area contributed by atoms with Gasteiger partial charge in [0.25, 0.3) is 0 Å². The summed E-state index contributed by atoms with van der Waals surface area (Å²) in [6.45, 7) is 0. The Morgan fingerprint density at radius 2 is 1.76 bits per heavy atom. The summed E-state index contributed by atoms with van der Waals surface area (Å²) < 4.78 is 5.43. The summed E-state index contributed by atoms with van der Waals surface area (Å²) >= 11 is 0. The van der Waals surface area contributed by atoms with Crippen LogP contribution in [0.3, 0.4) is 0 Å². The standard InChI is InChI=1S/C14H9N3O4/c18-12-3-1-9-2-4-13(6-10(9)5-12)21-14-15-7-11(8-16-14)17(19)20/h1-8,18H. The van der Waals surface area contributed by atoms with Gasteiger partial charge in [0.05, 0.1) is 4.92 Å². The summed E-state index contributed by atoms with van der Waals surface area (Å²) in [5.41, 5.74) is -0.203. The second-order valence-corrected chi connectivity index (χ2v) is 4.28. The third-order valence-electron chi connectivity index (χ3n) is 2.83. The third-order valence-corrected chi connectivity index (χ3v) is 2.83. The number of nitro groups is 1. The van der Waals surface area contributed by atoms with E-state index in [-0.39, 0.29) is 17.4 Å². The van der Waals surface area contributed by atoms with E-state index in [9.17, 15) is 15.2 Å². The van der Waals surface area contributed by atoms with Crippen LogP contribution in [0.2, 0.25) is 0 Å². The van der Waals surface area contributed by atoms with Gasteiger partial charge < -0.3 is 9.84 Å². The van der Waals surface area contributed by atoms with E-state index in [1.54, 1.807) is 30.3 Å². The predicted molar refractivity (Wildman–Crippen MR) is 74.4 cm³/mol. The molecule has 0 aliphatic heterocycles. The van der Waals surface area contributed by atoms with Crippen molar-refractivity contribution in [2.45, 2.75) is 0 Å². The highest BCUT2D eigenvalue weighted by atomic mass is 16.6. The van der Waals surface area contributed by atoms with Gasteiger partial charge in [0.2, 0.25) is 0 Å². The van der Waals surface area contributed by atoms with Crippen molar-refractivity contribution in [2.75, 3.05) is 0 Å². The summed E-state index contributed by atoms with van der Waals surface area (Å²) in [7, 11) is 0. The van der Waals surface area contributed by atoms with E-state index in [1.165, 1.54) is 0 Å². The van der Waals surface area contributed by atoms with Crippen LogP contribution in [0.5, 0.6) is 17.5 Å². The number of aromatic nitrogens is 2. The number of hydrogen-bond acceptors (Lipinski definition) is 6. The SMILES string of the molecule is O=[N+]([O-])c1cnc(Oc2ccc3ccc(O)cc3c2)nc1. The lowest BCUT2D eigenvalue weighted by atomic mass is 10.1. The molecule has 1 N–H and O–H groups in total. The molecule has 0 amide bonds. The molecule has 2 aromatic carbocycles. The molecule has 0 saturated carbocycles. The molecule has 7 heteroatoms. The maximum atomic E-state index is 10.5. The molecule has 0 saturated heterocycles. The van der Waals surface area contributed by atoms with Gasteiger partial charge in [-0.1, -0.05) is 12.1 Å². The van der Waals surface area contributed by atoms with Crippen molar-refractivity contribution >= 4 is 16.5 Å². The van der Waals surface area contributed by atoms with E-state index in [0.29, 0.717) is 5.75 Å². The molecule has 7 nitrogen and oxygen atoms in total. The fourth-order valence-corrected chi connectivity index (χ4v) is 1.84. The fraction of sp³-hybridized carbons (Fsp3) is 0. The van der Waals surface area contributed by atoms with Crippen LogP contribution in [-0.2, 0) is 0 Å². The van der Waals surface area contributed by atoms with Gasteiger partial charge >= 0.3 is 11.7 Å². The molecular weight excluding hydrogens is 274 g/mol. The molecule has 0 radical (unpaired) electrons. The molecule has 3 rings (SSSR count). The maximum Gasteiger partial charge on any atom is 0.322 e. The first-order valence-corrected chi connectivity index (χ1v) is 5.99. The lowest BCUT2D eigenvalue weighted by Crippen LogP contribution is -1.94. The molecule has 0 aliphatic rings. The number of benzene rings is 2. The topological polar surface area (TPSA) is 98.4 Å². The fourth-order valence-electron chi connectivity index (χ4n) is 1.84. The Morgan fingerprint density at radius 3 is 2.48 bits per heavy atom. The van der Waals surface area contributed by atoms with Gasteiger partial charge in [-0.15, -0.1) is 0 Å². The zero-order chi connectivity index (χ0) is 14.8.